The van der Waals surface area contributed by atoms with E-state index in [1.165, 1.54) is 44.1 Å². The van der Waals surface area contributed by atoms with Gasteiger partial charge in [-0.2, -0.15) is 0 Å². The third kappa shape index (κ3) is 8.17. The molecule has 0 aromatic carbocycles. The minimum Gasteiger partial charge on any atom is -0.0628 e. The predicted molar refractivity (Wildman–Crippen MR) is 101 cm³/mol. The molecule has 1 heteroatoms. The van der Waals surface area contributed by atoms with Crippen LogP contribution >= 0.6 is 12.2 Å². The van der Waals surface area contributed by atoms with Gasteiger partial charge in [0.05, 0.1) is 0 Å². The molecule has 0 unspecified atom stereocenters. The lowest BCUT2D eigenvalue weighted by Gasteiger charge is -2.37. The van der Waals surface area contributed by atoms with Gasteiger partial charge in [0.2, 0.25) is 0 Å². The van der Waals surface area contributed by atoms with Gasteiger partial charge in [0.15, 0.2) is 0 Å². The van der Waals surface area contributed by atoms with Crippen molar-refractivity contribution in [3.05, 3.63) is 5.57 Å². The minimum absolute atomic E-state index is 0.179. The first kappa shape index (κ1) is 20.9. The first-order valence-corrected chi connectivity index (χ1v) is 9.20. The number of hydrogen-bond acceptors (Lipinski definition) is 1. The Hall–Kier alpha value is -0.130. The quantitative estimate of drug-likeness (QED) is 0.384. The molecule has 0 N–H and O–H groups in total. The van der Waals surface area contributed by atoms with E-state index < -0.39 is 0 Å². The average Bonchev–Trinajstić information content (AvgIpc) is 2.26. The Labute approximate surface area is 139 Å². The van der Waals surface area contributed by atoms with Crippen molar-refractivity contribution in [2.45, 2.75) is 93.9 Å². The Morgan fingerprint density at radius 2 is 1.14 bits per heavy atom. The monoisotopic (exact) mass is 310 g/mol. The van der Waals surface area contributed by atoms with Gasteiger partial charge >= 0.3 is 0 Å². The number of hydrogen-bond donors (Lipinski definition) is 0. The zero-order valence-corrected chi connectivity index (χ0v) is 16.6. The van der Waals surface area contributed by atoms with Crippen LogP contribution in [0.5, 0.6) is 0 Å². The summed E-state index contributed by atoms with van der Waals surface area (Å²) < 4.78 is 0. The van der Waals surface area contributed by atoms with Gasteiger partial charge in [-0.25, -0.2) is 0 Å². The molecule has 0 saturated carbocycles. The van der Waals surface area contributed by atoms with Crippen LogP contribution in [-0.2, 0) is 0 Å². The van der Waals surface area contributed by atoms with Crippen LogP contribution in [0, 0.1) is 22.7 Å². The van der Waals surface area contributed by atoms with Crippen molar-refractivity contribution in [2.24, 2.45) is 22.7 Å². The van der Waals surface area contributed by atoms with Crippen LogP contribution in [-0.4, -0.2) is 5.02 Å². The third-order valence-corrected chi connectivity index (χ3v) is 4.83. The Morgan fingerprint density at radius 1 is 0.810 bits per heavy atom. The summed E-state index contributed by atoms with van der Waals surface area (Å²) in [5.41, 5.74) is 1.72. The van der Waals surface area contributed by atoms with Gasteiger partial charge in [-0.1, -0.05) is 81.1 Å². The molecular formula is C20H38S. The Bertz CT molecular complexity index is 313. The summed E-state index contributed by atoms with van der Waals surface area (Å²) in [7, 11) is 0. The maximum absolute atomic E-state index is 5.29. The van der Waals surface area contributed by atoms with Gasteiger partial charge in [0.1, 0.15) is 0 Å². The molecule has 21 heavy (non-hydrogen) atoms. The van der Waals surface area contributed by atoms with Crippen molar-refractivity contribution in [2.75, 3.05) is 0 Å². The summed E-state index contributed by atoms with van der Waals surface area (Å²) >= 11 is 5.29. The van der Waals surface area contributed by atoms with E-state index in [1.54, 1.807) is 0 Å². The van der Waals surface area contributed by atoms with E-state index in [1.807, 2.05) is 0 Å². The molecule has 0 nitrogen and oxygen atoms in total. The van der Waals surface area contributed by atoms with Crippen molar-refractivity contribution in [3.63, 3.8) is 0 Å². The van der Waals surface area contributed by atoms with Crippen molar-refractivity contribution in [3.8, 4) is 0 Å². The normalized spacial score (nSPS) is 12.9. The smallest absolute Gasteiger partial charge is 0.00548 e. The zero-order valence-electron chi connectivity index (χ0n) is 15.8. The minimum atomic E-state index is 0.179. The van der Waals surface area contributed by atoms with Crippen LogP contribution < -0.4 is 0 Å². The topological polar surface area (TPSA) is 0 Å². The van der Waals surface area contributed by atoms with E-state index in [0.717, 1.165) is 11.8 Å². The van der Waals surface area contributed by atoms with Crippen LogP contribution in [0.2, 0.25) is 0 Å². The molecular weight excluding hydrogens is 272 g/mol. The Morgan fingerprint density at radius 3 is 1.38 bits per heavy atom. The summed E-state index contributed by atoms with van der Waals surface area (Å²) in [6.07, 6.45) is 7.62. The highest BCUT2D eigenvalue weighted by atomic mass is 32.1. The predicted octanol–water partition coefficient (Wildman–Crippen LogP) is 7.22. The number of rotatable bonds is 10. The lowest BCUT2D eigenvalue weighted by Crippen LogP contribution is -2.28. The van der Waals surface area contributed by atoms with Gasteiger partial charge < -0.3 is 0 Å². The maximum atomic E-state index is 5.29. The van der Waals surface area contributed by atoms with Gasteiger partial charge in [-0.05, 0) is 58.3 Å². The molecule has 0 radical (unpaired) electrons. The highest BCUT2D eigenvalue weighted by molar-refractivity contribution is 7.78. The van der Waals surface area contributed by atoms with Gasteiger partial charge in [-0.3, -0.25) is 0 Å². The van der Waals surface area contributed by atoms with E-state index in [9.17, 15) is 0 Å². The molecule has 0 spiro atoms. The SMILES string of the molecule is CC(C)CCCC(C)(C)C(=C=S)C(C)(C)CCCC(C)C. The standard InChI is InChI=1S/C20H38S/c1-16(2)11-9-13-19(5,6)18(15-21)20(7,8)14-10-12-17(3)4/h16-17H,9-14H2,1-8H3. The lowest BCUT2D eigenvalue weighted by molar-refractivity contribution is 0.271. The second kappa shape index (κ2) is 9.11. The zero-order chi connectivity index (χ0) is 16.7. The summed E-state index contributed by atoms with van der Waals surface area (Å²) in [5.74, 6) is 1.58. The molecule has 0 aromatic rings. The van der Waals surface area contributed by atoms with Gasteiger partial charge in [0.25, 0.3) is 0 Å². The molecule has 0 atom stereocenters. The fourth-order valence-corrected chi connectivity index (χ4v) is 3.90. The molecule has 0 saturated heterocycles. The van der Waals surface area contributed by atoms with Crippen LogP contribution in [0.4, 0.5) is 0 Å². The maximum Gasteiger partial charge on any atom is -0.00548 e. The highest BCUT2D eigenvalue weighted by Gasteiger charge is 2.34. The molecule has 0 bridgehead atoms. The van der Waals surface area contributed by atoms with E-state index in [2.05, 4.69) is 60.4 Å². The van der Waals surface area contributed by atoms with Crippen LogP contribution in [0.3, 0.4) is 0 Å². The Balaban J connectivity index is 4.75. The first-order valence-electron chi connectivity index (χ1n) is 8.79. The van der Waals surface area contributed by atoms with Crippen molar-refractivity contribution in [1.29, 1.82) is 0 Å². The van der Waals surface area contributed by atoms with E-state index >= 15 is 0 Å². The summed E-state index contributed by atoms with van der Waals surface area (Å²) in [6, 6.07) is 0. The number of allylic oxidation sites excluding steroid dienone is 1. The first-order chi connectivity index (χ1) is 9.53. The third-order valence-electron chi connectivity index (χ3n) is 4.62. The lowest BCUT2D eigenvalue weighted by atomic mass is 9.66. The summed E-state index contributed by atoms with van der Waals surface area (Å²) in [6.45, 7) is 18.6. The van der Waals surface area contributed by atoms with Crippen molar-refractivity contribution < 1.29 is 0 Å². The van der Waals surface area contributed by atoms with E-state index in [4.69, 9.17) is 12.2 Å². The molecule has 0 aliphatic heterocycles. The van der Waals surface area contributed by atoms with Crippen molar-refractivity contribution in [1.82, 2.24) is 0 Å². The molecule has 0 rings (SSSR count). The second-order valence-electron chi connectivity index (χ2n) is 8.82. The molecule has 124 valence electrons. The Kier molecular flexibility index (Phi) is 9.05. The average molecular weight is 311 g/mol. The molecule has 0 aromatic heterocycles. The van der Waals surface area contributed by atoms with Crippen LogP contribution in [0.1, 0.15) is 93.9 Å². The van der Waals surface area contributed by atoms with Gasteiger partial charge in [-0.15, -0.1) is 0 Å². The van der Waals surface area contributed by atoms with Crippen LogP contribution in [0.15, 0.2) is 5.57 Å². The molecule has 0 aliphatic carbocycles. The van der Waals surface area contributed by atoms with Crippen molar-refractivity contribution >= 4 is 17.2 Å². The summed E-state index contributed by atoms with van der Waals surface area (Å²) in [4.78, 5) is 0. The molecule has 0 heterocycles. The van der Waals surface area contributed by atoms with Crippen LogP contribution in [0.25, 0.3) is 0 Å². The molecule has 0 amide bonds. The molecule has 0 fully saturated rings. The second-order valence-corrected chi connectivity index (χ2v) is 9.02. The van der Waals surface area contributed by atoms with E-state index in [-0.39, 0.29) is 10.8 Å². The molecule has 0 aliphatic rings. The fourth-order valence-electron chi connectivity index (χ4n) is 3.35. The summed E-state index contributed by atoms with van der Waals surface area (Å²) in [5, 5.41) is 3.16. The fraction of sp³-hybridized carbons (Fsp3) is 0.900. The number of thiocarbonyl (C=S) groups is 1. The highest BCUT2D eigenvalue weighted by Crippen LogP contribution is 2.44. The largest absolute Gasteiger partial charge is 0.0628 e. The van der Waals surface area contributed by atoms with E-state index in [0.29, 0.717) is 0 Å². The van der Waals surface area contributed by atoms with Gasteiger partial charge in [0, 0.05) is 0 Å².